The third-order valence-corrected chi connectivity index (χ3v) is 7.09. The van der Waals surface area contributed by atoms with Crippen LogP contribution in [-0.4, -0.2) is 27.6 Å². The smallest absolute Gasteiger partial charge is 0.267 e. The van der Waals surface area contributed by atoms with Gasteiger partial charge in [-0.15, -0.1) is 0 Å². The summed E-state index contributed by atoms with van der Waals surface area (Å²) in [6, 6.07) is 15.0. The van der Waals surface area contributed by atoms with Crippen molar-refractivity contribution in [2.24, 2.45) is 0 Å². The summed E-state index contributed by atoms with van der Waals surface area (Å²) < 4.78 is 0.522. The van der Waals surface area contributed by atoms with Crippen molar-refractivity contribution >= 4 is 63.0 Å². The number of para-hydroxylation sites is 1. The number of thiocarbonyl (C=S) groups is 1. The minimum Gasteiger partial charge on any atom is -0.303 e. The highest BCUT2D eigenvalue weighted by atomic mass is 35.5. The third-order valence-electron chi connectivity index (χ3n) is 5.27. The molecule has 0 bridgehead atoms. The highest BCUT2D eigenvalue weighted by Gasteiger charge is 2.41. The molecule has 1 fully saturated rings. The number of carbonyl (C=O) groups excluding carboxylic acids is 2. The normalized spacial score (nSPS) is 18.5. The van der Waals surface area contributed by atoms with Crippen LogP contribution in [0.4, 0.5) is 5.69 Å². The van der Waals surface area contributed by atoms with Crippen LogP contribution in [0.2, 0.25) is 5.02 Å². The molecule has 2 heterocycles. The summed E-state index contributed by atoms with van der Waals surface area (Å²) in [7, 11) is 0. The summed E-state index contributed by atoms with van der Waals surface area (Å²) >= 11 is 13.0. The van der Waals surface area contributed by atoms with E-state index in [9.17, 15) is 9.59 Å². The van der Waals surface area contributed by atoms with E-state index in [1.54, 1.807) is 9.80 Å². The zero-order chi connectivity index (χ0) is 21.3. The summed E-state index contributed by atoms with van der Waals surface area (Å²) in [5.74, 6) is -0.357. The molecule has 0 unspecified atom stereocenters. The van der Waals surface area contributed by atoms with E-state index < -0.39 is 0 Å². The van der Waals surface area contributed by atoms with E-state index in [0.717, 1.165) is 36.1 Å². The Morgan fingerprint density at radius 2 is 1.70 bits per heavy atom. The van der Waals surface area contributed by atoms with Gasteiger partial charge >= 0.3 is 0 Å². The van der Waals surface area contributed by atoms with E-state index in [2.05, 4.69) is 6.92 Å². The topological polar surface area (TPSA) is 40.6 Å². The molecule has 0 atom stereocenters. The number of halogens is 1. The predicted molar refractivity (Wildman–Crippen MR) is 127 cm³/mol. The van der Waals surface area contributed by atoms with Crippen LogP contribution < -0.4 is 4.90 Å². The molecule has 0 saturated carbocycles. The summed E-state index contributed by atoms with van der Waals surface area (Å²) in [5.41, 5.74) is 2.85. The fraction of sp³-hybridized carbons (Fsp3) is 0.261. The molecule has 0 radical (unpaired) electrons. The maximum atomic E-state index is 13.5. The molecule has 0 N–H and O–H groups in total. The first-order valence-corrected chi connectivity index (χ1v) is 11.6. The van der Waals surface area contributed by atoms with Crippen LogP contribution in [0.5, 0.6) is 0 Å². The number of carbonyl (C=O) groups is 2. The van der Waals surface area contributed by atoms with Gasteiger partial charge in [-0.25, -0.2) is 0 Å². The maximum Gasteiger partial charge on any atom is 0.267 e. The number of amides is 2. The van der Waals surface area contributed by atoms with Gasteiger partial charge < -0.3 is 4.90 Å². The van der Waals surface area contributed by atoms with Crippen molar-refractivity contribution in [2.75, 3.05) is 11.4 Å². The lowest BCUT2D eigenvalue weighted by atomic mass is 10.1. The van der Waals surface area contributed by atoms with Gasteiger partial charge in [-0.3, -0.25) is 14.5 Å². The van der Waals surface area contributed by atoms with Crippen LogP contribution >= 0.6 is 35.6 Å². The van der Waals surface area contributed by atoms with Gasteiger partial charge in [0.05, 0.1) is 22.7 Å². The van der Waals surface area contributed by atoms with Crippen LogP contribution in [0.25, 0.3) is 5.57 Å². The van der Waals surface area contributed by atoms with Crippen molar-refractivity contribution in [1.29, 1.82) is 0 Å². The van der Waals surface area contributed by atoms with E-state index in [4.69, 9.17) is 23.8 Å². The van der Waals surface area contributed by atoms with Gasteiger partial charge in [-0.2, -0.15) is 0 Å². The molecule has 154 valence electrons. The molecule has 30 heavy (non-hydrogen) atoms. The van der Waals surface area contributed by atoms with Crippen LogP contribution in [0, 0.1) is 0 Å². The maximum absolute atomic E-state index is 13.5. The van der Waals surface area contributed by atoms with E-state index in [-0.39, 0.29) is 11.8 Å². The zero-order valence-electron chi connectivity index (χ0n) is 16.6. The van der Waals surface area contributed by atoms with Gasteiger partial charge in [0.1, 0.15) is 4.32 Å². The van der Waals surface area contributed by atoms with Gasteiger partial charge in [0, 0.05) is 17.1 Å². The lowest BCUT2D eigenvalue weighted by molar-refractivity contribution is -0.122. The van der Waals surface area contributed by atoms with Gasteiger partial charge in [0.25, 0.3) is 11.8 Å². The standard InChI is InChI=1S/C23H21ClN2O2S2/c1-2-3-8-13-25-22(28)20(30-23(25)29)19-16-10-5-7-12-18(16)26(21(19)27)14-15-9-4-6-11-17(15)24/h4-7,9-12H,2-3,8,13-14H2,1H3. The molecule has 2 aliphatic heterocycles. The highest BCUT2D eigenvalue weighted by Crippen LogP contribution is 2.45. The second-order valence-electron chi connectivity index (χ2n) is 7.24. The number of benzene rings is 2. The molecule has 4 nitrogen and oxygen atoms in total. The summed E-state index contributed by atoms with van der Waals surface area (Å²) in [4.78, 5) is 30.4. The number of hydrogen-bond donors (Lipinski definition) is 0. The molecule has 2 aliphatic rings. The lowest BCUT2D eigenvalue weighted by Gasteiger charge is -2.18. The molecule has 1 saturated heterocycles. The quantitative estimate of drug-likeness (QED) is 0.320. The number of anilines is 1. The van der Waals surface area contributed by atoms with Gasteiger partial charge in [0.15, 0.2) is 0 Å². The molecule has 0 aromatic heterocycles. The van der Waals surface area contributed by atoms with E-state index in [0.29, 0.717) is 32.9 Å². The van der Waals surface area contributed by atoms with Crippen molar-refractivity contribution in [3.63, 3.8) is 0 Å². The predicted octanol–water partition coefficient (Wildman–Crippen LogP) is 5.65. The molecule has 0 aliphatic carbocycles. The Kier molecular flexibility index (Phi) is 6.27. The Morgan fingerprint density at radius 3 is 2.47 bits per heavy atom. The fourth-order valence-corrected chi connectivity index (χ4v) is 5.29. The van der Waals surface area contributed by atoms with Gasteiger partial charge in [-0.05, 0) is 24.1 Å². The number of thioether (sulfide) groups is 1. The largest absolute Gasteiger partial charge is 0.303 e. The number of rotatable bonds is 6. The monoisotopic (exact) mass is 456 g/mol. The highest BCUT2D eigenvalue weighted by molar-refractivity contribution is 8.26. The number of nitrogens with zero attached hydrogens (tertiary/aromatic N) is 2. The zero-order valence-corrected chi connectivity index (χ0v) is 18.9. The Bertz CT molecular complexity index is 1070. The lowest BCUT2D eigenvalue weighted by Crippen LogP contribution is -2.30. The van der Waals surface area contributed by atoms with E-state index >= 15 is 0 Å². The third kappa shape index (κ3) is 3.80. The Balaban J connectivity index is 1.71. The van der Waals surface area contributed by atoms with E-state index in [1.165, 1.54) is 11.8 Å². The number of fused-ring (bicyclic) bond motifs is 1. The molecular weight excluding hydrogens is 436 g/mol. The summed E-state index contributed by atoms with van der Waals surface area (Å²) in [6.07, 6.45) is 3.00. The number of hydrogen-bond acceptors (Lipinski definition) is 4. The Morgan fingerprint density at radius 1 is 0.967 bits per heavy atom. The first-order chi connectivity index (χ1) is 14.5. The average molecular weight is 457 g/mol. The van der Waals surface area contributed by atoms with Gasteiger partial charge in [-0.1, -0.05) is 91.7 Å². The molecule has 0 spiro atoms. The van der Waals surface area contributed by atoms with Crippen molar-refractivity contribution < 1.29 is 9.59 Å². The Labute approximate surface area is 190 Å². The molecule has 2 aromatic carbocycles. The summed E-state index contributed by atoms with van der Waals surface area (Å²) in [5, 5.41) is 0.610. The molecule has 4 rings (SSSR count). The van der Waals surface area contributed by atoms with Crippen LogP contribution in [0.15, 0.2) is 53.4 Å². The first-order valence-electron chi connectivity index (χ1n) is 9.95. The number of unbranched alkanes of at least 4 members (excludes halogenated alkanes) is 2. The van der Waals surface area contributed by atoms with Crippen LogP contribution in [-0.2, 0) is 16.1 Å². The minimum absolute atomic E-state index is 0.168. The fourth-order valence-electron chi connectivity index (χ4n) is 3.72. The molecule has 7 heteroatoms. The van der Waals surface area contributed by atoms with Gasteiger partial charge in [0.2, 0.25) is 0 Å². The first kappa shape index (κ1) is 21.1. The average Bonchev–Trinajstić information content (AvgIpc) is 3.17. The Hall–Kier alpha value is -2.15. The minimum atomic E-state index is -0.190. The van der Waals surface area contributed by atoms with Crippen molar-refractivity contribution in [3.05, 3.63) is 69.6 Å². The SMILES string of the molecule is CCCCCN1C(=O)C(=C2C(=O)N(Cc3ccccc3Cl)c3ccccc32)SC1=S. The van der Waals surface area contributed by atoms with Crippen molar-refractivity contribution in [1.82, 2.24) is 4.90 Å². The van der Waals surface area contributed by atoms with Crippen molar-refractivity contribution in [3.8, 4) is 0 Å². The second kappa shape index (κ2) is 8.92. The molecule has 2 amide bonds. The molecule has 2 aromatic rings. The van der Waals surface area contributed by atoms with Crippen LogP contribution in [0.3, 0.4) is 0 Å². The van der Waals surface area contributed by atoms with E-state index in [1.807, 2.05) is 48.5 Å². The summed E-state index contributed by atoms with van der Waals surface area (Å²) in [6.45, 7) is 3.05. The second-order valence-corrected chi connectivity index (χ2v) is 9.29. The van der Waals surface area contributed by atoms with Crippen LogP contribution in [0.1, 0.15) is 37.3 Å². The molecular formula is C23H21ClN2O2S2. The van der Waals surface area contributed by atoms with Crippen molar-refractivity contribution in [2.45, 2.75) is 32.7 Å².